The highest BCUT2D eigenvalue weighted by atomic mass is 19.1. The Hall–Kier alpha value is -3.80. The summed E-state index contributed by atoms with van der Waals surface area (Å²) in [6, 6.07) is 15.3. The van der Waals surface area contributed by atoms with Gasteiger partial charge in [-0.3, -0.25) is 19.5 Å². The zero-order valence-corrected chi connectivity index (χ0v) is 17.3. The van der Waals surface area contributed by atoms with Crippen molar-refractivity contribution in [1.82, 2.24) is 4.98 Å². The summed E-state index contributed by atoms with van der Waals surface area (Å²) in [6.07, 6.45) is 5.71. The molecule has 1 aliphatic carbocycles. The highest BCUT2D eigenvalue weighted by Gasteiger charge is 2.47. The molecule has 1 N–H and O–H groups in total. The number of halogens is 1. The molecule has 1 aliphatic heterocycles. The minimum atomic E-state index is -0.919. The number of aryl methyl sites for hydroxylation is 2. The van der Waals surface area contributed by atoms with Crippen molar-refractivity contribution in [3.05, 3.63) is 101 Å². The van der Waals surface area contributed by atoms with Crippen molar-refractivity contribution < 1.29 is 19.1 Å². The first kappa shape index (κ1) is 20.1. The van der Waals surface area contributed by atoms with Crippen molar-refractivity contribution in [2.75, 3.05) is 4.90 Å². The zero-order valence-electron chi connectivity index (χ0n) is 17.3. The lowest BCUT2D eigenvalue weighted by atomic mass is 9.89. The Balaban J connectivity index is 1.68. The van der Waals surface area contributed by atoms with Crippen molar-refractivity contribution in [1.29, 1.82) is 0 Å². The summed E-state index contributed by atoms with van der Waals surface area (Å²) in [5.74, 6) is -2.25. The number of hydrogen-bond acceptors (Lipinski definition) is 4. The number of anilines is 1. The number of ketones is 1. The molecule has 0 spiro atoms. The molecule has 0 saturated carbocycles. The highest BCUT2D eigenvalue weighted by molar-refractivity contribution is 6.51. The van der Waals surface area contributed by atoms with E-state index in [1.54, 1.807) is 30.5 Å². The number of Topliss-reactive ketones (excluding diaryl/α,β-unsaturated/α-hetero) is 1. The summed E-state index contributed by atoms with van der Waals surface area (Å²) in [5.41, 5.74) is 3.69. The largest absolute Gasteiger partial charge is 0.507 e. The molecule has 0 radical (unpaired) electrons. The van der Waals surface area contributed by atoms with Crippen LogP contribution in [-0.4, -0.2) is 21.8 Å². The lowest BCUT2D eigenvalue weighted by molar-refractivity contribution is -0.132. The van der Waals surface area contributed by atoms with Crippen LogP contribution in [0.5, 0.6) is 0 Å². The van der Waals surface area contributed by atoms with Crippen LogP contribution in [0.2, 0.25) is 0 Å². The van der Waals surface area contributed by atoms with Crippen LogP contribution in [0.3, 0.4) is 0 Å². The van der Waals surface area contributed by atoms with Crippen LogP contribution in [0.25, 0.3) is 5.76 Å². The summed E-state index contributed by atoms with van der Waals surface area (Å²) < 4.78 is 13.5. The Morgan fingerprint density at radius 1 is 0.969 bits per heavy atom. The molecule has 1 unspecified atom stereocenters. The molecule has 32 heavy (non-hydrogen) atoms. The van der Waals surface area contributed by atoms with Crippen LogP contribution in [0.4, 0.5) is 10.1 Å². The van der Waals surface area contributed by atoms with E-state index in [2.05, 4.69) is 4.98 Å². The third kappa shape index (κ3) is 3.38. The van der Waals surface area contributed by atoms with E-state index in [-0.39, 0.29) is 11.3 Å². The number of carbonyl (C=O) groups excluding carboxylic acids is 2. The van der Waals surface area contributed by atoms with Gasteiger partial charge in [-0.2, -0.15) is 0 Å². The van der Waals surface area contributed by atoms with Crippen molar-refractivity contribution in [2.24, 2.45) is 0 Å². The third-order valence-corrected chi connectivity index (χ3v) is 6.14. The predicted molar refractivity (Wildman–Crippen MR) is 119 cm³/mol. The molecule has 0 bridgehead atoms. The van der Waals surface area contributed by atoms with Gasteiger partial charge in [0.15, 0.2) is 0 Å². The van der Waals surface area contributed by atoms with Gasteiger partial charge in [-0.25, -0.2) is 4.39 Å². The van der Waals surface area contributed by atoms with Gasteiger partial charge in [0, 0.05) is 17.4 Å². The quantitative estimate of drug-likeness (QED) is 0.372. The first-order valence-corrected chi connectivity index (χ1v) is 10.6. The maximum absolute atomic E-state index is 13.5. The standard InChI is InChI=1S/C26H21FN2O3/c27-19-10-12-20(13-11-19)29-23(21-7-3-4-14-28-21)22(25(31)26(29)32)24(30)18-9-8-16-5-1-2-6-17(16)15-18/h3-4,7-15,23,30H,1-2,5-6H2/b24-22-. The van der Waals surface area contributed by atoms with E-state index >= 15 is 0 Å². The molecular weight excluding hydrogens is 407 g/mol. The first-order valence-electron chi connectivity index (χ1n) is 10.6. The van der Waals surface area contributed by atoms with Crippen LogP contribution in [0.1, 0.15) is 41.3 Å². The van der Waals surface area contributed by atoms with E-state index in [9.17, 15) is 19.1 Å². The van der Waals surface area contributed by atoms with Gasteiger partial charge in [-0.1, -0.05) is 18.2 Å². The number of fused-ring (bicyclic) bond motifs is 1. The van der Waals surface area contributed by atoms with Crippen LogP contribution < -0.4 is 4.90 Å². The third-order valence-electron chi connectivity index (χ3n) is 6.14. The van der Waals surface area contributed by atoms with Crippen molar-refractivity contribution in [2.45, 2.75) is 31.7 Å². The number of aliphatic hydroxyl groups excluding tert-OH is 1. The second-order valence-corrected chi connectivity index (χ2v) is 8.09. The van der Waals surface area contributed by atoms with Crippen LogP contribution in [0.15, 0.2) is 72.4 Å². The second kappa shape index (κ2) is 8.04. The Bertz CT molecular complexity index is 1240. The molecular formula is C26H21FN2O3. The van der Waals surface area contributed by atoms with Crippen molar-refractivity contribution in [3.8, 4) is 0 Å². The second-order valence-electron chi connectivity index (χ2n) is 8.09. The fraction of sp³-hybridized carbons (Fsp3) is 0.192. The maximum Gasteiger partial charge on any atom is 0.300 e. The molecule has 2 aliphatic rings. The fourth-order valence-corrected chi connectivity index (χ4v) is 4.55. The number of amides is 1. The minimum absolute atomic E-state index is 0.0196. The number of rotatable bonds is 3. The molecule has 3 aromatic rings. The molecule has 2 aromatic carbocycles. The molecule has 1 amide bonds. The topological polar surface area (TPSA) is 70.5 Å². The Labute approximate surface area is 184 Å². The first-order chi connectivity index (χ1) is 15.5. The summed E-state index contributed by atoms with van der Waals surface area (Å²) in [6.45, 7) is 0. The fourth-order valence-electron chi connectivity index (χ4n) is 4.55. The summed E-state index contributed by atoms with van der Waals surface area (Å²) >= 11 is 0. The molecule has 1 fully saturated rings. The highest BCUT2D eigenvalue weighted by Crippen LogP contribution is 2.41. The normalized spacial score (nSPS) is 19.8. The number of aromatic nitrogens is 1. The van der Waals surface area contributed by atoms with E-state index in [4.69, 9.17) is 0 Å². The van der Waals surface area contributed by atoms with Gasteiger partial charge in [0.05, 0.1) is 11.3 Å². The number of hydrogen-bond donors (Lipinski definition) is 1. The molecule has 5 nitrogen and oxygen atoms in total. The van der Waals surface area contributed by atoms with Crippen LogP contribution >= 0.6 is 0 Å². The number of carbonyl (C=O) groups is 2. The summed E-state index contributed by atoms with van der Waals surface area (Å²) in [5, 5.41) is 11.2. The van der Waals surface area contributed by atoms with Crippen LogP contribution in [-0.2, 0) is 22.4 Å². The summed E-state index contributed by atoms with van der Waals surface area (Å²) in [4.78, 5) is 31.8. The van der Waals surface area contributed by atoms with Gasteiger partial charge in [0.1, 0.15) is 17.6 Å². The molecule has 6 heteroatoms. The predicted octanol–water partition coefficient (Wildman–Crippen LogP) is 4.73. The Kier molecular flexibility index (Phi) is 5.05. The minimum Gasteiger partial charge on any atom is -0.507 e. The van der Waals surface area contributed by atoms with E-state index in [1.165, 1.54) is 34.7 Å². The van der Waals surface area contributed by atoms with E-state index in [1.807, 2.05) is 12.1 Å². The monoisotopic (exact) mass is 428 g/mol. The smallest absolute Gasteiger partial charge is 0.300 e. The van der Waals surface area contributed by atoms with Gasteiger partial charge >= 0.3 is 0 Å². The summed E-state index contributed by atoms with van der Waals surface area (Å²) in [7, 11) is 0. The number of nitrogens with zero attached hydrogens (tertiary/aromatic N) is 2. The van der Waals surface area contributed by atoms with Gasteiger partial charge in [-0.05, 0) is 79.3 Å². The lowest BCUT2D eigenvalue weighted by Gasteiger charge is -2.24. The van der Waals surface area contributed by atoms with Gasteiger partial charge in [-0.15, -0.1) is 0 Å². The molecule has 1 saturated heterocycles. The SMILES string of the molecule is O=C1C(=O)N(c2ccc(F)cc2)C(c2ccccn2)/C1=C(/O)c1ccc2c(c1)CCCC2. The van der Waals surface area contributed by atoms with Crippen molar-refractivity contribution in [3.63, 3.8) is 0 Å². The van der Waals surface area contributed by atoms with E-state index in [0.717, 1.165) is 31.2 Å². The zero-order chi connectivity index (χ0) is 22.2. The average molecular weight is 428 g/mol. The van der Waals surface area contributed by atoms with Crippen molar-refractivity contribution >= 4 is 23.1 Å². The average Bonchev–Trinajstić information content (AvgIpc) is 3.10. The number of pyridine rings is 1. The van der Waals surface area contributed by atoms with Gasteiger partial charge in [0.25, 0.3) is 11.7 Å². The molecule has 1 atom stereocenters. The molecule has 5 rings (SSSR count). The number of benzene rings is 2. The Morgan fingerprint density at radius 2 is 1.72 bits per heavy atom. The molecule has 160 valence electrons. The van der Waals surface area contributed by atoms with E-state index in [0.29, 0.717) is 16.9 Å². The lowest BCUT2D eigenvalue weighted by Crippen LogP contribution is -2.29. The number of aliphatic hydroxyl groups is 1. The molecule has 1 aromatic heterocycles. The van der Waals surface area contributed by atoms with Gasteiger partial charge < -0.3 is 5.11 Å². The maximum atomic E-state index is 13.5. The molecule has 2 heterocycles. The van der Waals surface area contributed by atoms with Crippen LogP contribution in [0, 0.1) is 5.82 Å². The Morgan fingerprint density at radius 3 is 2.44 bits per heavy atom. The van der Waals surface area contributed by atoms with Gasteiger partial charge in [0.2, 0.25) is 0 Å². The van der Waals surface area contributed by atoms with E-state index < -0.39 is 23.5 Å².